The van der Waals surface area contributed by atoms with Crippen molar-refractivity contribution >= 4 is 35.8 Å². The first-order valence-corrected chi connectivity index (χ1v) is 9.85. The highest BCUT2D eigenvalue weighted by Gasteiger charge is 2.28. The average Bonchev–Trinajstić information content (AvgIpc) is 2.77. The van der Waals surface area contributed by atoms with Crippen LogP contribution in [0.1, 0.15) is 18.1 Å². The smallest absolute Gasteiger partial charge is 0.422 e. The van der Waals surface area contributed by atoms with Gasteiger partial charge in [0.1, 0.15) is 5.75 Å². The quantitative estimate of drug-likeness (QED) is 0.275. The van der Waals surface area contributed by atoms with Crippen LogP contribution in [-0.4, -0.2) is 49.7 Å². The lowest BCUT2D eigenvalue weighted by molar-refractivity contribution is -0.153. The number of alkyl halides is 3. The fourth-order valence-electron chi connectivity index (χ4n) is 2.73. The molecule has 176 valence electrons. The summed E-state index contributed by atoms with van der Waals surface area (Å²) in [7, 11) is 1.59. The van der Waals surface area contributed by atoms with Crippen LogP contribution in [0.4, 0.5) is 13.2 Å². The Morgan fingerprint density at radius 3 is 2.25 bits per heavy atom. The van der Waals surface area contributed by atoms with Crippen molar-refractivity contribution in [1.82, 2.24) is 15.5 Å². The van der Waals surface area contributed by atoms with Crippen LogP contribution < -0.4 is 15.4 Å². The number of nitrogens with zero attached hydrogens (tertiary/aromatic N) is 2. The standard InChI is InChI=1S/C22H27F3N4O2.HI/c1-3-29(15-18-7-5-4-6-8-18)20(30)14-28-21(26-2)27-13-17-9-11-19(12-10-17)31-16-22(23,24)25;/h4-12H,3,13-16H2,1-2H3,(H2,26,27,28);1H. The molecule has 32 heavy (non-hydrogen) atoms. The van der Waals surface area contributed by atoms with E-state index in [9.17, 15) is 18.0 Å². The maximum Gasteiger partial charge on any atom is 0.422 e. The number of aliphatic imine (C=N–C) groups is 1. The van der Waals surface area contributed by atoms with Crippen LogP contribution in [0.3, 0.4) is 0 Å². The zero-order valence-electron chi connectivity index (χ0n) is 18.0. The number of amides is 1. The van der Waals surface area contributed by atoms with Crippen molar-refractivity contribution in [2.24, 2.45) is 4.99 Å². The summed E-state index contributed by atoms with van der Waals surface area (Å²) in [5.41, 5.74) is 1.88. The first kappa shape index (κ1) is 27.5. The summed E-state index contributed by atoms with van der Waals surface area (Å²) in [6.07, 6.45) is -4.37. The van der Waals surface area contributed by atoms with Crippen LogP contribution in [0, 0.1) is 0 Å². The fourth-order valence-corrected chi connectivity index (χ4v) is 2.73. The molecular weight excluding hydrogens is 536 g/mol. The highest BCUT2D eigenvalue weighted by Crippen LogP contribution is 2.18. The third-order valence-electron chi connectivity index (χ3n) is 4.37. The molecule has 0 aliphatic carbocycles. The summed E-state index contributed by atoms with van der Waals surface area (Å²) in [6.45, 7) is 2.20. The van der Waals surface area contributed by atoms with Gasteiger partial charge in [0, 0.05) is 26.7 Å². The molecule has 0 atom stereocenters. The van der Waals surface area contributed by atoms with Gasteiger partial charge in [-0.15, -0.1) is 24.0 Å². The fraction of sp³-hybridized carbons (Fsp3) is 0.364. The number of benzene rings is 2. The number of guanidine groups is 1. The molecule has 0 aliphatic heterocycles. The van der Waals surface area contributed by atoms with E-state index >= 15 is 0 Å². The lowest BCUT2D eigenvalue weighted by Crippen LogP contribution is -2.44. The van der Waals surface area contributed by atoms with Gasteiger partial charge in [-0.05, 0) is 30.2 Å². The lowest BCUT2D eigenvalue weighted by atomic mass is 10.2. The molecule has 0 aromatic heterocycles. The minimum atomic E-state index is -4.37. The van der Waals surface area contributed by atoms with Crippen LogP contribution in [0.15, 0.2) is 59.6 Å². The predicted octanol–water partition coefficient (Wildman–Crippen LogP) is 3.96. The van der Waals surface area contributed by atoms with E-state index in [-0.39, 0.29) is 42.2 Å². The number of nitrogens with one attached hydrogen (secondary N) is 2. The van der Waals surface area contributed by atoms with Crippen LogP contribution in [0.2, 0.25) is 0 Å². The Bertz CT molecular complexity index is 847. The number of ether oxygens (including phenoxy) is 1. The minimum Gasteiger partial charge on any atom is -0.484 e. The molecule has 1 amide bonds. The van der Waals surface area contributed by atoms with E-state index in [0.29, 0.717) is 25.6 Å². The van der Waals surface area contributed by atoms with E-state index < -0.39 is 12.8 Å². The number of hydrogen-bond acceptors (Lipinski definition) is 3. The number of carbonyl (C=O) groups is 1. The normalized spacial score (nSPS) is 11.3. The summed E-state index contributed by atoms with van der Waals surface area (Å²) in [5.74, 6) is 0.536. The van der Waals surface area contributed by atoms with E-state index in [2.05, 4.69) is 20.4 Å². The molecule has 0 bridgehead atoms. The molecule has 2 aromatic carbocycles. The van der Waals surface area contributed by atoms with Crippen LogP contribution >= 0.6 is 24.0 Å². The Morgan fingerprint density at radius 2 is 1.69 bits per heavy atom. The van der Waals surface area contributed by atoms with Gasteiger partial charge in [-0.3, -0.25) is 9.79 Å². The first-order chi connectivity index (χ1) is 14.8. The van der Waals surface area contributed by atoms with Gasteiger partial charge in [-0.2, -0.15) is 13.2 Å². The van der Waals surface area contributed by atoms with Gasteiger partial charge in [-0.25, -0.2) is 0 Å². The van der Waals surface area contributed by atoms with E-state index in [0.717, 1.165) is 11.1 Å². The Balaban J connectivity index is 0.00000512. The molecule has 2 aromatic rings. The van der Waals surface area contributed by atoms with Gasteiger partial charge in [-0.1, -0.05) is 42.5 Å². The Labute approximate surface area is 203 Å². The van der Waals surface area contributed by atoms with Crippen molar-refractivity contribution in [1.29, 1.82) is 0 Å². The summed E-state index contributed by atoms with van der Waals surface area (Å²) in [4.78, 5) is 18.4. The minimum absolute atomic E-state index is 0. The molecule has 10 heteroatoms. The van der Waals surface area contributed by atoms with Gasteiger partial charge in [0.05, 0.1) is 6.54 Å². The van der Waals surface area contributed by atoms with Crippen molar-refractivity contribution in [2.45, 2.75) is 26.2 Å². The monoisotopic (exact) mass is 564 g/mol. The number of likely N-dealkylation sites (N-methyl/N-ethyl adjacent to an activating group) is 1. The molecule has 0 saturated heterocycles. The van der Waals surface area contributed by atoms with Gasteiger partial charge < -0.3 is 20.3 Å². The van der Waals surface area contributed by atoms with Crippen LogP contribution in [-0.2, 0) is 17.9 Å². The number of halogens is 4. The second kappa shape index (κ2) is 13.8. The maximum atomic E-state index is 12.5. The number of hydrogen-bond donors (Lipinski definition) is 2. The molecule has 6 nitrogen and oxygen atoms in total. The van der Waals surface area contributed by atoms with Crippen molar-refractivity contribution in [3.8, 4) is 5.75 Å². The van der Waals surface area contributed by atoms with E-state index in [1.54, 1.807) is 24.1 Å². The first-order valence-electron chi connectivity index (χ1n) is 9.85. The molecule has 0 aliphatic rings. The molecular formula is C22H28F3IN4O2. The summed E-state index contributed by atoms with van der Waals surface area (Å²) >= 11 is 0. The van der Waals surface area contributed by atoms with E-state index in [1.807, 2.05) is 37.3 Å². The Morgan fingerprint density at radius 1 is 1.03 bits per heavy atom. The molecule has 2 N–H and O–H groups in total. The highest BCUT2D eigenvalue weighted by molar-refractivity contribution is 14.0. The average molecular weight is 564 g/mol. The van der Waals surface area contributed by atoms with Gasteiger partial charge in [0.15, 0.2) is 12.6 Å². The van der Waals surface area contributed by atoms with Crippen molar-refractivity contribution < 1.29 is 22.7 Å². The van der Waals surface area contributed by atoms with Crippen molar-refractivity contribution in [3.63, 3.8) is 0 Å². The molecule has 0 saturated carbocycles. The summed E-state index contributed by atoms with van der Waals surface area (Å²) in [6, 6.07) is 16.0. The SMILES string of the molecule is CCN(Cc1ccccc1)C(=O)CNC(=NC)NCc1ccc(OCC(F)(F)F)cc1.I. The van der Waals surface area contributed by atoms with Gasteiger partial charge >= 0.3 is 6.18 Å². The lowest BCUT2D eigenvalue weighted by Gasteiger charge is -2.22. The van der Waals surface area contributed by atoms with Gasteiger partial charge in [0.25, 0.3) is 0 Å². The zero-order valence-corrected chi connectivity index (χ0v) is 20.3. The largest absolute Gasteiger partial charge is 0.484 e. The second-order valence-electron chi connectivity index (χ2n) is 6.72. The van der Waals surface area contributed by atoms with Crippen LogP contribution in [0.25, 0.3) is 0 Å². The van der Waals surface area contributed by atoms with E-state index in [4.69, 9.17) is 0 Å². The second-order valence-corrected chi connectivity index (χ2v) is 6.72. The summed E-state index contributed by atoms with van der Waals surface area (Å²) in [5, 5.41) is 6.06. The third-order valence-corrected chi connectivity index (χ3v) is 4.37. The van der Waals surface area contributed by atoms with Crippen molar-refractivity contribution in [2.75, 3.05) is 26.7 Å². The molecule has 0 radical (unpaired) electrons. The number of rotatable bonds is 9. The zero-order chi connectivity index (χ0) is 22.7. The van der Waals surface area contributed by atoms with Crippen molar-refractivity contribution in [3.05, 3.63) is 65.7 Å². The molecule has 2 rings (SSSR count). The van der Waals surface area contributed by atoms with Crippen LogP contribution in [0.5, 0.6) is 5.75 Å². The molecule has 0 fully saturated rings. The third kappa shape index (κ3) is 10.2. The predicted molar refractivity (Wildman–Crippen MR) is 129 cm³/mol. The number of carbonyl (C=O) groups excluding carboxylic acids is 1. The summed E-state index contributed by atoms with van der Waals surface area (Å²) < 4.78 is 41.3. The Hall–Kier alpha value is -2.50. The van der Waals surface area contributed by atoms with E-state index in [1.165, 1.54) is 12.1 Å². The van der Waals surface area contributed by atoms with Gasteiger partial charge in [0.2, 0.25) is 5.91 Å². The highest BCUT2D eigenvalue weighted by atomic mass is 127. The Kier molecular flexibility index (Phi) is 11.9. The molecule has 0 heterocycles. The maximum absolute atomic E-state index is 12.5. The molecule has 0 unspecified atom stereocenters. The topological polar surface area (TPSA) is 66.0 Å². The molecule has 0 spiro atoms.